The number of fused-ring (bicyclic) bond motifs is 1. The number of hydrogen-bond donors (Lipinski definition) is 0. The van der Waals surface area contributed by atoms with E-state index in [1.165, 1.54) is 6.20 Å². The van der Waals surface area contributed by atoms with Crippen LogP contribution in [0, 0.1) is 0 Å². The molecule has 1 saturated heterocycles. The minimum Gasteiger partial charge on any atom is -0.336 e. The molecule has 0 aromatic carbocycles. The van der Waals surface area contributed by atoms with E-state index in [1.807, 2.05) is 20.2 Å². The fourth-order valence-corrected chi connectivity index (χ4v) is 5.18. The molecule has 3 aromatic rings. The van der Waals surface area contributed by atoms with Gasteiger partial charge in [-0.3, -0.25) is 4.68 Å². The van der Waals surface area contributed by atoms with Gasteiger partial charge in [0.05, 0.1) is 29.5 Å². The number of aryl methyl sites for hydroxylation is 2. The molecule has 8 nitrogen and oxygen atoms in total. The van der Waals surface area contributed by atoms with E-state index in [0.717, 1.165) is 24.8 Å². The van der Waals surface area contributed by atoms with Crippen molar-refractivity contribution in [3.63, 3.8) is 0 Å². The highest BCUT2D eigenvalue weighted by atomic mass is 32.2. The van der Waals surface area contributed by atoms with E-state index in [0.29, 0.717) is 29.8 Å². The number of aromatic nitrogens is 4. The van der Waals surface area contributed by atoms with E-state index in [4.69, 9.17) is 4.52 Å². The van der Waals surface area contributed by atoms with Crippen molar-refractivity contribution in [3.05, 3.63) is 35.9 Å². The molecule has 3 aromatic heterocycles. The maximum Gasteiger partial charge on any atom is 0.258 e. The fraction of sp³-hybridized carbons (Fsp3) is 0.471. The van der Waals surface area contributed by atoms with Gasteiger partial charge in [0, 0.05) is 25.4 Å². The van der Waals surface area contributed by atoms with Gasteiger partial charge in [-0.1, -0.05) is 18.5 Å². The van der Waals surface area contributed by atoms with Crippen molar-refractivity contribution in [2.24, 2.45) is 7.05 Å². The highest BCUT2D eigenvalue weighted by Gasteiger charge is 2.35. The molecular weight excluding hydrogens is 354 g/mol. The van der Waals surface area contributed by atoms with Crippen molar-refractivity contribution in [2.45, 2.75) is 43.5 Å². The van der Waals surface area contributed by atoms with Crippen molar-refractivity contribution < 1.29 is 12.9 Å². The average Bonchev–Trinajstić information content (AvgIpc) is 3.27. The summed E-state index contributed by atoms with van der Waals surface area (Å²) < 4.78 is 35.1. The third-order valence-electron chi connectivity index (χ3n) is 4.88. The van der Waals surface area contributed by atoms with Gasteiger partial charge in [0.1, 0.15) is 4.90 Å². The first-order valence-electron chi connectivity index (χ1n) is 8.75. The third kappa shape index (κ3) is 2.80. The predicted octanol–water partition coefficient (Wildman–Crippen LogP) is 2.43. The molecule has 138 valence electrons. The monoisotopic (exact) mass is 375 g/mol. The van der Waals surface area contributed by atoms with Crippen LogP contribution in [-0.4, -0.2) is 39.2 Å². The summed E-state index contributed by atoms with van der Waals surface area (Å²) >= 11 is 0. The summed E-state index contributed by atoms with van der Waals surface area (Å²) in [4.78, 5) is 4.34. The molecule has 0 radical (unpaired) electrons. The zero-order valence-electron chi connectivity index (χ0n) is 14.8. The van der Waals surface area contributed by atoms with Crippen molar-refractivity contribution in [3.8, 4) is 0 Å². The molecule has 0 amide bonds. The molecule has 0 aliphatic carbocycles. The summed E-state index contributed by atoms with van der Waals surface area (Å²) in [5.41, 5.74) is 2.00. The van der Waals surface area contributed by atoms with Gasteiger partial charge >= 0.3 is 0 Å². The van der Waals surface area contributed by atoms with Crippen molar-refractivity contribution in [1.29, 1.82) is 0 Å². The van der Waals surface area contributed by atoms with Crippen LogP contribution in [0.4, 0.5) is 0 Å². The van der Waals surface area contributed by atoms with Gasteiger partial charge in [-0.15, -0.1) is 0 Å². The summed E-state index contributed by atoms with van der Waals surface area (Å²) in [7, 11) is -1.85. The molecule has 4 rings (SSSR count). The molecule has 0 bridgehead atoms. The van der Waals surface area contributed by atoms with Crippen LogP contribution in [0.1, 0.15) is 43.5 Å². The van der Waals surface area contributed by atoms with Crippen LogP contribution < -0.4 is 0 Å². The van der Waals surface area contributed by atoms with E-state index < -0.39 is 10.0 Å². The highest BCUT2D eigenvalue weighted by molar-refractivity contribution is 7.89. The molecule has 1 atom stereocenters. The molecule has 4 heterocycles. The number of pyridine rings is 1. The van der Waals surface area contributed by atoms with Crippen molar-refractivity contribution >= 4 is 21.1 Å². The zero-order valence-corrected chi connectivity index (χ0v) is 15.6. The second-order valence-electron chi connectivity index (χ2n) is 6.58. The van der Waals surface area contributed by atoms with Gasteiger partial charge < -0.3 is 4.52 Å². The van der Waals surface area contributed by atoms with Crippen LogP contribution in [0.15, 0.2) is 34.1 Å². The Bertz CT molecular complexity index is 1040. The summed E-state index contributed by atoms with van der Waals surface area (Å²) in [6.45, 7) is 2.44. The lowest BCUT2D eigenvalue weighted by Gasteiger charge is -2.34. The van der Waals surface area contributed by atoms with Crippen LogP contribution >= 0.6 is 0 Å². The molecule has 26 heavy (non-hydrogen) atoms. The molecular formula is C17H21N5O3S. The Morgan fingerprint density at radius 1 is 1.31 bits per heavy atom. The predicted molar refractivity (Wildman–Crippen MR) is 94.9 cm³/mol. The van der Waals surface area contributed by atoms with Gasteiger partial charge in [0.25, 0.3) is 5.71 Å². The molecule has 1 aliphatic rings. The second kappa shape index (κ2) is 6.48. The quantitative estimate of drug-likeness (QED) is 0.695. The molecule has 0 saturated carbocycles. The fourth-order valence-electron chi connectivity index (χ4n) is 3.53. The van der Waals surface area contributed by atoms with Gasteiger partial charge in [0.15, 0.2) is 0 Å². The first-order valence-corrected chi connectivity index (χ1v) is 10.2. The second-order valence-corrected chi connectivity index (χ2v) is 8.47. The Labute approximate surface area is 151 Å². The van der Waals surface area contributed by atoms with Crippen LogP contribution in [0.25, 0.3) is 11.1 Å². The summed E-state index contributed by atoms with van der Waals surface area (Å²) in [6.07, 6.45) is 8.27. The number of piperidine rings is 1. The zero-order chi connectivity index (χ0) is 18.3. The van der Waals surface area contributed by atoms with E-state index in [-0.39, 0.29) is 10.9 Å². The number of hydrogen-bond acceptors (Lipinski definition) is 6. The van der Waals surface area contributed by atoms with Gasteiger partial charge in [-0.05, 0) is 25.3 Å². The maximum atomic E-state index is 13.4. The lowest BCUT2D eigenvalue weighted by molar-refractivity contribution is 0.256. The summed E-state index contributed by atoms with van der Waals surface area (Å²) in [5.74, 6) is 0. The number of nitrogens with zero attached hydrogens (tertiary/aromatic N) is 5. The molecule has 0 N–H and O–H groups in total. The Balaban J connectivity index is 1.76. The Kier molecular flexibility index (Phi) is 4.28. The smallest absolute Gasteiger partial charge is 0.258 e. The van der Waals surface area contributed by atoms with Gasteiger partial charge in [0.2, 0.25) is 10.0 Å². The molecule has 9 heteroatoms. The Morgan fingerprint density at radius 2 is 2.15 bits per heavy atom. The Hall–Kier alpha value is -2.26. The van der Waals surface area contributed by atoms with E-state index in [1.54, 1.807) is 21.3 Å². The molecule has 1 unspecified atom stereocenters. The van der Waals surface area contributed by atoms with E-state index in [2.05, 4.69) is 15.2 Å². The summed E-state index contributed by atoms with van der Waals surface area (Å²) in [5, 5.41) is 8.81. The van der Waals surface area contributed by atoms with Crippen LogP contribution in [-0.2, 0) is 23.5 Å². The maximum absolute atomic E-state index is 13.4. The molecule has 1 aliphatic heterocycles. The minimum absolute atomic E-state index is 0.179. The van der Waals surface area contributed by atoms with Gasteiger partial charge in [-0.25, -0.2) is 13.4 Å². The minimum atomic E-state index is -3.68. The standard InChI is InChI=1S/C17H21N5O3S/c1-3-15-14-8-13(10-18-17(14)25-20-15)26(23,24)22-7-5-4-6-16(22)12-9-19-21(2)11-12/h8-11,16H,3-7H2,1-2H3. The van der Waals surface area contributed by atoms with Crippen molar-refractivity contribution in [1.82, 2.24) is 24.2 Å². The van der Waals surface area contributed by atoms with E-state index in [9.17, 15) is 8.42 Å². The molecule has 1 fully saturated rings. The largest absolute Gasteiger partial charge is 0.336 e. The lowest BCUT2D eigenvalue weighted by Crippen LogP contribution is -2.38. The topological polar surface area (TPSA) is 94.1 Å². The number of sulfonamides is 1. The van der Waals surface area contributed by atoms with Crippen molar-refractivity contribution in [2.75, 3.05) is 6.54 Å². The highest BCUT2D eigenvalue weighted by Crippen LogP contribution is 2.35. The van der Waals surface area contributed by atoms with Gasteiger partial charge in [-0.2, -0.15) is 9.40 Å². The summed E-state index contributed by atoms with van der Waals surface area (Å²) in [6, 6.07) is 1.42. The SMILES string of the molecule is CCc1noc2ncc(S(=O)(=O)N3CCCCC3c3cnn(C)c3)cc12. The third-order valence-corrected chi connectivity index (χ3v) is 6.76. The molecule has 0 spiro atoms. The Morgan fingerprint density at radius 3 is 2.88 bits per heavy atom. The number of rotatable bonds is 4. The normalized spacial score (nSPS) is 19.2. The average molecular weight is 375 g/mol. The van der Waals surface area contributed by atoms with E-state index >= 15 is 0 Å². The van der Waals surface area contributed by atoms with Crippen LogP contribution in [0.3, 0.4) is 0 Å². The first kappa shape index (κ1) is 17.2. The van der Waals surface area contributed by atoms with Crippen LogP contribution in [0.2, 0.25) is 0 Å². The first-order chi connectivity index (χ1) is 12.5. The lowest BCUT2D eigenvalue weighted by atomic mass is 10.0. The van der Waals surface area contributed by atoms with Crippen LogP contribution in [0.5, 0.6) is 0 Å².